The van der Waals surface area contributed by atoms with Crippen LogP contribution < -0.4 is 0 Å². The lowest BCUT2D eigenvalue weighted by atomic mass is 10.1. The molecule has 1 aromatic carbocycles. The van der Waals surface area contributed by atoms with Gasteiger partial charge < -0.3 is 0 Å². The van der Waals surface area contributed by atoms with E-state index in [9.17, 15) is 0 Å². The molecule has 0 saturated heterocycles. The Kier molecular flexibility index (Phi) is 3.16. The summed E-state index contributed by atoms with van der Waals surface area (Å²) >= 11 is 3.33. The van der Waals surface area contributed by atoms with Gasteiger partial charge in [0.15, 0.2) is 4.34 Å². The van der Waals surface area contributed by atoms with Crippen molar-refractivity contribution < 1.29 is 0 Å². The van der Waals surface area contributed by atoms with E-state index in [1.807, 2.05) is 0 Å². The first-order chi connectivity index (χ1) is 6.86. The number of benzene rings is 1. The molecule has 0 aliphatic rings. The summed E-state index contributed by atoms with van der Waals surface area (Å²) in [7, 11) is 0. The summed E-state index contributed by atoms with van der Waals surface area (Å²) in [5.74, 6) is 0.974. The summed E-state index contributed by atoms with van der Waals surface area (Å²) in [4.78, 5) is 0. The van der Waals surface area contributed by atoms with Crippen LogP contribution in [0.1, 0.15) is 11.1 Å². The Morgan fingerprint density at radius 2 is 2.21 bits per heavy atom. The van der Waals surface area contributed by atoms with Crippen LogP contribution in [0.25, 0.3) is 0 Å². The standard InChI is InChI=1S/C10H10N2S2/c1-8-4-2-3-5-9(8)6-13-10-12-11-7-14-10/h2-5,7H,6H2,1H3. The van der Waals surface area contributed by atoms with E-state index in [0.717, 1.165) is 10.1 Å². The molecule has 0 saturated carbocycles. The summed E-state index contributed by atoms with van der Waals surface area (Å²) in [5.41, 5.74) is 4.47. The zero-order chi connectivity index (χ0) is 9.80. The van der Waals surface area contributed by atoms with E-state index in [4.69, 9.17) is 0 Å². The van der Waals surface area contributed by atoms with Crippen molar-refractivity contribution in [3.8, 4) is 0 Å². The molecule has 0 radical (unpaired) electrons. The van der Waals surface area contributed by atoms with Gasteiger partial charge in [-0.15, -0.1) is 10.2 Å². The first-order valence-electron chi connectivity index (χ1n) is 4.30. The van der Waals surface area contributed by atoms with Crippen LogP contribution in [0.3, 0.4) is 0 Å². The Labute approximate surface area is 91.4 Å². The molecule has 0 N–H and O–H groups in total. The first kappa shape index (κ1) is 9.68. The molecule has 1 heterocycles. The molecular weight excluding hydrogens is 212 g/mol. The van der Waals surface area contributed by atoms with Gasteiger partial charge in [0, 0.05) is 5.75 Å². The maximum Gasteiger partial charge on any atom is 0.174 e. The quantitative estimate of drug-likeness (QED) is 0.746. The summed E-state index contributed by atoms with van der Waals surface area (Å²) in [5, 5.41) is 7.80. The SMILES string of the molecule is Cc1ccccc1CSc1nncs1. The van der Waals surface area contributed by atoms with Crippen LogP contribution in [0.2, 0.25) is 0 Å². The average Bonchev–Trinajstić information content (AvgIpc) is 2.69. The number of rotatable bonds is 3. The average molecular weight is 222 g/mol. The zero-order valence-corrected chi connectivity index (χ0v) is 9.44. The molecule has 0 unspecified atom stereocenters. The third kappa shape index (κ3) is 2.33. The molecule has 0 aliphatic carbocycles. The van der Waals surface area contributed by atoms with Crippen molar-refractivity contribution in [1.29, 1.82) is 0 Å². The van der Waals surface area contributed by atoms with Crippen LogP contribution >= 0.6 is 23.1 Å². The van der Waals surface area contributed by atoms with Crippen LogP contribution in [0.4, 0.5) is 0 Å². The van der Waals surface area contributed by atoms with Crippen molar-refractivity contribution >= 4 is 23.1 Å². The van der Waals surface area contributed by atoms with Gasteiger partial charge in [0.1, 0.15) is 5.51 Å². The third-order valence-electron chi connectivity index (χ3n) is 1.95. The van der Waals surface area contributed by atoms with E-state index in [0.29, 0.717) is 0 Å². The molecule has 0 amide bonds. The van der Waals surface area contributed by atoms with Crippen LogP contribution in [-0.4, -0.2) is 10.2 Å². The molecule has 4 heteroatoms. The van der Waals surface area contributed by atoms with Gasteiger partial charge in [-0.25, -0.2) is 0 Å². The van der Waals surface area contributed by atoms with E-state index in [-0.39, 0.29) is 0 Å². The second-order valence-electron chi connectivity index (χ2n) is 2.92. The van der Waals surface area contributed by atoms with Crippen molar-refractivity contribution in [3.05, 3.63) is 40.9 Å². The fraction of sp³-hybridized carbons (Fsp3) is 0.200. The van der Waals surface area contributed by atoms with Crippen molar-refractivity contribution in [2.75, 3.05) is 0 Å². The normalized spacial score (nSPS) is 10.4. The van der Waals surface area contributed by atoms with Crippen LogP contribution in [0, 0.1) is 6.92 Å². The van der Waals surface area contributed by atoms with E-state index in [2.05, 4.69) is 41.4 Å². The van der Waals surface area contributed by atoms with Gasteiger partial charge in [0.25, 0.3) is 0 Å². The predicted octanol–water partition coefficient (Wildman–Crippen LogP) is 3.14. The molecule has 0 bridgehead atoms. The molecule has 14 heavy (non-hydrogen) atoms. The molecule has 0 spiro atoms. The number of thioether (sulfide) groups is 1. The largest absolute Gasteiger partial charge is 0.174 e. The van der Waals surface area contributed by atoms with Gasteiger partial charge in [0.2, 0.25) is 0 Å². The van der Waals surface area contributed by atoms with E-state index >= 15 is 0 Å². The van der Waals surface area contributed by atoms with Crippen molar-refractivity contribution in [2.24, 2.45) is 0 Å². The van der Waals surface area contributed by atoms with Gasteiger partial charge in [-0.2, -0.15) is 0 Å². The number of hydrogen-bond acceptors (Lipinski definition) is 4. The molecule has 72 valence electrons. The molecule has 1 aromatic heterocycles. The monoisotopic (exact) mass is 222 g/mol. The number of nitrogens with zero attached hydrogens (tertiary/aromatic N) is 2. The van der Waals surface area contributed by atoms with Crippen LogP contribution in [0.15, 0.2) is 34.1 Å². The van der Waals surface area contributed by atoms with E-state index in [1.54, 1.807) is 28.6 Å². The van der Waals surface area contributed by atoms with Gasteiger partial charge in [0.05, 0.1) is 0 Å². The topological polar surface area (TPSA) is 25.8 Å². The smallest absolute Gasteiger partial charge is 0.146 e. The van der Waals surface area contributed by atoms with E-state index < -0.39 is 0 Å². The highest BCUT2D eigenvalue weighted by Gasteiger charge is 2.00. The Morgan fingerprint density at radius 3 is 2.93 bits per heavy atom. The molecule has 2 nitrogen and oxygen atoms in total. The fourth-order valence-electron chi connectivity index (χ4n) is 1.14. The summed E-state index contributed by atoms with van der Waals surface area (Å²) in [6.07, 6.45) is 0. The van der Waals surface area contributed by atoms with Gasteiger partial charge >= 0.3 is 0 Å². The predicted molar refractivity (Wildman–Crippen MR) is 60.6 cm³/mol. The number of aromatic nitrogens is 2. The summed E-state index contributed by atoms with van der Waals surface area (Å²) in [6, 6.07) is 8.43. The maximum absolute atomic E-state index is 3.99. The van der Waals surface area contributed by atoms with E-state index in [1.165, 1.54) is 11.1 Å². The van der Waals surface area contributed by atoms with Crippen LogP contribution in [-0.2, 0) is 5.75 Å². The Bertz CT molecular complexity index is 398. The molecule has 0 fully saturated rings. The minimum atomic E-state index is 0.974. The molecule has 0 aliphatic heterocycles. The summed E-state index contributed by atoms with van der Waals surface area (Å²) < 4.78 is 1.04. The second kappa shape index (κ2) is 4.57. The minimum Gasteiger partial charge on any atom is -0.146 e. The Balaban J connectivity index is 2.02. The number of aryl methyl sites for hydroxylation is 1. The third-order valence-corrected chi connectivity index (χ3v) is 3.86. The van der Waals surface area contributed by atoms with Gasteiger partial charge in [-0.3, -0.25) is 0 Å². The highest BCUT2D eigenvalue weighted by Crippen LogP contribution is 2.24. The Hall–Kier alpha value is -0.870. The first-order valence-corrected chi connectivity index (χ1v) is 6.16. The lowest BCUT2D eigenvalue weighted by molar-refractivity contribution is 1.01. The van der Waals surface area contributed by atoms with Crippen molar-refractivity contribution in [1.82, 2.24) is 10.2 Å². The molecule has 2 aromatic rings. The lowest BCUT2D eigenvalue weighted by Gasteiger charge is -2.02. The highest BCUT2D eigenvalue weighted by atomic mass is 32.2. The molecule has 0 atom stereocenters. The fourth-order valence-corrected chi connectivity index (χ4v) is 2.70. The maximum atomic E-state index is 3.99. The molecular formula is C10H10N2S2. The highest BCUT2D eigenvalue weighted by molar-refractivity contribution is 8.00. The second-order valence-corrected chi connectivity index (χ2v) is 4.98. The van der Waals surface area contributed by atoms with Crippen molar-refractivity contribution in [3.63, 3.8) is 0 Å². The summed E-state index contributed by atoms with van der Waals surface area (Å²) in [6.45, 7) is 2.13. The molecule has 2 rings (SSSR count). The Morgan fingerprint density at radius 1 is 1.36 bits per heavy atom. The minimum absolute atomic E-state index is 0.974. The van der Waals surface area contributed by atoms with Crippen molar-refractivity contribution in [2.45, 2.75) is 17.0 Å². The van der Waals surface area contributed by atoms with Gasteiger partial charge in [-0.05, 0) is 18.1 Å². The lowest BCUT2D eigenvalue weighted by Crippen LogP contribution is -1.84. The van der Waals surface area contributed by atoms with Crippen LogP contribution in [0.5, 0.6) is 0 Å². The number of hydrogen-bond donors (Lipinski definition) is 0. The zero-order valence-electron chi connectivity index (χ0n) is 7.80. The van der Waals surface area contributed by atoms with Gasteiger partial charge in [-0.1, -0.05) is 47.4 Å².